The average Bonchev–Trinajstić information content (AvgIpc) is 2.92. The van der Waals surface area contributed by atoms with Crippen LogP contribution in [-0.2, 0) is 11.3 Å². The van der Waals surface area contributed by atoms with Gasteiger partial charge in [-0.2, -0.15) is 5.10 Å². The SMILES string of the molecule is CN=C(NCC(=O)NC(C)(C)C)NCc1ccc(-n2nc(C)cc2C)nc1.I. The molecule has 0 aliphatic heterocycles. The first-order valence-electron chi connectivity index (χ1n) is 8.92. The molecule has 154 valence electrons. The predicted molar refractivity (Wildman–Crippen MR) is 122 cm³/mol. The standard InChI is InChI=1S/C19H29N7O.HI/c1-13-9-14(2)26(25-13)16-8-7-15(10-21-16)11-22-18(20-6)23-12-17(27)24-19(3,4)5;/h7-10H,11-12H2,1-6H3,(H,24,27)(H2,20,22,23);1H. The maximum absolute atomic E-state index is 11.9. The molecule has 8 nitrogen and oxygen atoms in total. The van der Waals surface area contributed by atoms with E-state index in [9.17, 15) is 4.79 Å². The Morgan fingerprint density at radius 2 is 1.93 bits per heavy atom. The topological polar surface area (TPSA) is 96.2 Å². The number of nitrogens with one attached hydrogen (secondary N) is 3. The minimum atomic E-state index is -0.255. The Morgan fingerprint density at radius 3 is 2.43 bits per heavy atom. The molecule has 28 heavy (non-hydrogen) atoms. The summed E-state index contributed by atoms with van der Waals surface area (Å²) in [5.41, 5.74) is 2.76. The van der Waals surface area contributed by atoms with Crippen LogP contribution >= 0.6 is 24.0 Å². The van der Waals surface area contributed by atoms with Crippen molar-refractivity contribution in [3.63, 3.8) is 0 Å². The van der Waals surface area contributed by atoms with Crippen molar-refractivity contribution < 1.29 is 4.79 Å². The molecule has 9 heteroatoms. The zero-order valence-electron chi connectivity index (χ0n) is 17.3. The minimum Gasteiger partial charge on any atom is -0.352 e. The van der Waals surface area contributed by atoms with Gasteiger partial charge in [0, 0.05) is 31.0 Å². The van der Waals surface area contributed by atoms with E-state index in [2.05, 4.69) is 31.0 Å². The number of halogens is 1. The van der Waals surface area contributed by atoms with Gasteiger partial charge in [-0.3, -0.25) is 9.79 Å². The lowest BCUT2D eigenvalue weighted by molar-refractivity contribution is -0.121. The van der Waals surface area contributed by atoms with Crippen LogP contribution in [0.4, 0.5) is 0 Å². The van der Waals surface area contributed by atoms with Crippen molar-refractivity contribution in [2.45, 2.75) is 46.7 Å². The maximum Gasteiger partial charge on any atom is 0.239 e. The van der Waals surface area contributed by atoms with Crippen molar-refractivity contribution in [2.75, 3.05) is 13.6 Å². The third-order valence-electron chi connectivity index (χ3n) is 3.65. The van der Waals surface area contributed by atoms with E-state index >= 15 is 0 Å². The number of amides is 1. The van der Waals surface area contributed by atoms with E-state index in [1.54, 1.807) is 13.2 Å². The highest BCUT2D eigenvalue weighted by atomic mass is 127. The molecule has 0 aliphatic carbocycles. The quantitative estimate of drug-likeness (QED) is 0.333. The third kappa shape index (κ3) is 7.45. The lowest BCUT2D eigenvalue weighted by Crippen LogP contribution is -2.48. The van der Waals surface area contributed by atoms with Gasteiger partial charge in [0.15, 0.2) is 11.8 Å². The second-order valence-corrected chi connectivity index (χ2v) is 7.44. The number of rotatable bonds is 5. The second-order valence-electron chi connectivity index (χ2n) is 7.44. The van der Waals surface area contributed by atoms with Gasteiger partial charge in [0.2, 0.25) is 5.91 Å². The number of aromatic nitrogens is 3. The van der Waals surface area contributed by atoms with Gasteiger partial charge in [-0.25, -0.2) is 9.67 Å². The Morgan fingerprint density at radius 1 is 1.21 bits per heavy atom. The molecule has 0 saturated heterocycles. The van der Waals surface area contributed by atoms with Gasteiger partial charge in [-0.05, 0) is 52.3 Å². The fourth-order valence-corrected chi connectivity index (χ4v) is 2.54. The zero-order valence-corrected chi connectivity index (χ0v) is 19.7. The predicted octanol–water partition coefficient (Wildman–Crippen LogP) is 2.08. The van der Waals surface area contributed by atoms with Crippen LogP contribution in [0, 0.1) is 13.8 Å². The minimum absolute atomic E-state index is 0. The van der Waals surface area contributed by atoms with Crippen molar-refractivity contribution >= 4 is 35.8 Å². The molecule has 2 aromatic rings. The Bertz CT molecular complexity index is 807. The van der Waals surface area contributed by atoms with E-state index in [-0.39, 0.29) is 42.0 Å². The molecule has 3 N–H and O–H groups in total. The van der Waals surface area contributed by atoms with Crippen molar-refractivity contribution in [1.82, 2.24) is 30.7 Å². The lowest BCUT2D eigenvalue weighted by Gasteiger charge is -2.21. The highest BCUT2D eigenvalue weighted by Crippen LogP contribution is 2.10. The molecule has 0 fully saturated rings. The van der Waals surface area contributed by atoms with Crippen LogP contribution in [0.2, 0.25) is 0 Å². The molecule has 0 aromatic carbocycles. The number of hydrogen-bond donors (Lipinski definition) is 3. The molecule has 0 unspecified atom stereocenters. The smallest absolute Gasteiger partial charge is 0.239 e. The number of aliphatic imine (C=N–C) groups is 1. The molecular weight excluding hydrogens is 469 g/mol. The number of pyridine rings is 1. The molecule has 2 heterocycles. The molecule has 1 amide bonds. The average molecular weight is 499 g/mol. The van der Waals surface area contributed by atoms with Gasteiger partial charge < -0.3 is 16.0 Å². The lowest BCUT2D eigenvalue weighted by atomic mass is 10.1. The first-order valence-corrected chi connectivity index (χ1v) is 8.92. The Labute approximate surface area is 183 Å². The molecule has 2 rings (SSSR count). The first-order chi connectivity index (χ1) is 12.7. The summed E-state index contributed by atoms with van der Waals surface area (Å²) in [6, 6.07) is 5.94. The highest BCUT2D eigenvalue weighted by molar-refractivity contribution is 14.0. The number of nitrogens with zero attached hydrogens (tertiary/aromatic N) is 4. The van der Waals surface area contributed by atoms with Crippen LogP contribution in [0.3, 0.4) is 0 Å². The van der Waals surface area contributed by atoms with Crippen LogP contribution in [-0.4, -0.2) is 45.8 Å². The Hall–Kier alpha value is -2.17. The van der Waals surface area contributed by atoms with Gasteiger partial charge in [-0.1, -0.05) is 6.07 Å². The molecule has 0 saturated carbocycles. The Kier molecular flexibility index (Phi) is 8.86. The number of carbonyl (C=O) groups excluding carboxylic acids is 1. The second kappa shape index (κ2) is 10.4. The van der Waals surface area contributed by atoms with Gasteiger partial charge in [0.25, 0.3) is 0 Å². The maximum atomic E-state index is 11.9. The summed E-state index contributed by atoms with van der Waals surface area (Å²) in [5, 5.41) is 13.5. The first kappa shape index (κ1) is 23.9. The van der Waals surface area contributed by atoms with Crippen LogP contribution in [0.5, 0.6) is 0 Å². The fourth-order valence-electron chi connectivity index (χ4n) is 2.54. The van der Waals surface area contributed by atoms with Crippen LogP contribution in [0.25, 0.3) is 5.82 Å². The van der Waals surface area contributed by atoms with E-state index in [1.165, 1.54) is 0 Å². The summed E-state index contributed by atoms with van der Waals surface area (Å²) in [4.78, 5) is 20.5. The largest absolute Gasteiger partial charge is 0.352 e. The number of hydrogen-bond acceptors (Lipinski definition) is 4. The molecular formula is C19H30IN7O. The van der Waals surface area contributed by atoms with Crippen LogP contribution in [0.15, 0.2) is 29.4 Å². The van der Waals surface area contributed by atoms with Gasteiger partial charge >= 0.3 is 0 Å². The van der Waals surface area contributed by atoms with E-state index in [1.807, 2.05) is 57.5 Å². The van der Waals surface area contributed by atoms with Crippen molar-refractivity contribution in [1.29, 1.82) is 0 Å². The van der Waals surface area contributed by atoms with Crippen molar-refractivity contribution in [2.24, 2.45) is 4.99 Å². The fraction of sp³-hybridized carbons (Fsp3) is 0.474. The van der Waals surface area contributed by atoms with E-state index in [0.29, 0.717) is 12.5 Å². The van der Waals surface area contributed by atoms with Gasteiger partial charge in [-0.15, -0.1) is 24.0 Å². The number of guanidine groups is 1. The summed E-state index contributed by atoms with van der Waals surface area (Å²) in [6.07, 6.45) is 1.80. The molecule has 2 aromatic heterocycles. The number of aryl methyl sites for hydroxylation is 2. The summed E-state index contributed by atoms with van der Waals surface area (Å²) in [6.45, 7) is 10.5. The normalized spacial score (nSPS) is 11.6. The summed E-state index contributed by atoms with van der Waals surface area (Å²) < 4.78 is 1.82. The molecule has 0 radical (unpaired) electrons. The van der Waals surface area contributed by atoms with E-state index in [0.717, 1.165) is 22.8 Å². The van der Waals surface area contributed by atoms with Crippen LogP contribution in [0.1, 0.15) is 37.7 Å². The van der Waals surface area contributed by atoms with Gasteiger partial charge in [0.1, 0.15) is 0 Å². The van der Waals surface area contributed by atoms with Crippen LogP contribution < -0.4 is 16.0 Å². The highest BCUT2D eigenvalue weighted by Gasteiger charge is 2.13. The molecule has 0 aliphatic rings. The molecule has 0 bridgehead atoms. The summed E-state index contributed by atoms with van der Waals surface area (Å²) in [5.74, 6) is 1.26. The summed E-state index contributed by atoms with van der Waals surface area (Å²) >= 11 is 0. The monoisotopic (exact) mass is 499 g/mol. The zero-order chi connectivity index (χ0) is 20.0. The van der Waals surface area contributed by atoms with E-state index < -0.39 is 0 Å². The summed E-state index contributed by atoms with van der Waals surface area (Å²) in [7, 11) is 1.67. The molecule has 0 spiro atoms. The third-order valence-corrected chi connectivity index (χ3v) is 3.65. The number of carbonyl (C=O) groups is 1. The van der Waals surface area contributed by atoms with Gasteiger partial charge in [0.05, 0.1) is 12.2 Å². The van der Waals surface area contributed by atoms with Crippen molar-refractivity contribution in [3.05, 3.63) is 41.3 Å². The molecule has 0 atom stereocenters. The van der Waals surface area contributed by atoms with E-state index in [4.69, 9.17) is 0 Å². The van der Waals surface area contributed by atoms with Crippen molar-refractivity contribution in [3.8, 4) is 5.82 Å². The Balaban J connectivity index is 0.00000392.